The lowest BCUT2D eigenvalue weighted by atomic mass is 10.3. The Morgan fingerprint density at radius 1 is 0.917 bits per heavy atom. The molecule has 8 nitrogen and oxygen atoms in total. The fourth-order valence-electron chi connectivity index (χ4n) is 1.49. The largest absolute Gasteiger partial charge is 0.480 e. The number of carbonyl (C=O) groups is 2. The van der Waals surface area contributed by atoms with Gasteiger partial charge >= 0.3 is 11.9 Å². The van der Waals surface area contributed by atoms with Crippen molar-refractivity contribution in [3.8, 4) is 0 Å². The van der Waals surface area contributed by atoms with Crippen molar-refractivity contribution in [1.29, 1.82) is 0 Å². The van der Waals surface area contributed by atoms with Crippen molar-refractivity contribution in [1.82, 2.24) is 9.97 Å². The molecule has 2 rings (SSSR count). The zero-order valence-electron chi connectivity index (χ0n) is 13.4. The average Bonchev–Trinajstić information content (AvgIpc) is 2.57. The van der Waals surface area contributed by atoms with Crippen molar-refractivity contribution >= 4 is 23.4 Å². The van der Waals surface area contributed by atoms with Gasteiger partial charge in [-0.2, -0.15) is 0 Å². The molecule has 0 aliphatic carbocycles. The average molecular weight is 332 g/mol. The van der Waals surface area contributed by atoms with Crippen LogP contribution >= 0.6 is 0 Å². The summed E-state index contributed by atoms with van der Waals surface area (Å²) in [4.78, 5) is 28.6. The van der Waals surface area contributed by atoms with E-state index in [4.69, 9.17) is 10.2 Å². The smallest absolute Gasteiger partial charge is 0.325 e. The van der Waals surface area contributed by atoms with Crippen molar-refractivity contribution in [2.45, 2.75) is 25.9 Å². The lowest BCUT2D eigenvalue weighted by Gasteiger charge is -2.09. The van der Waals surface area contributed by atoms with Crippen LogP contribution in [0.5, 0.6) is 0 Å². The molecule has 0 spiro atoms. The van der Waals surface area contributed by atoms with E-state index in [0.29, 0.717) is 5.82 Å². The highest BCUT2D eigenvalue weighted by Crippen LogP contribution is 2.05. The third-order valence-electron chi connectivity index (χ3n) is 2.83. The Balaban J connectivity index is 0.000000240. The lowest BCUT2D eigenvalue weighted by molar-refractivity contribution is -0.138. The second-order valence-corrected chi connectivity index (χ2v) is 4.86. The summed E-state index contributed by atoms with van der Waals surface area (Å²) >= 11 is 0. The maximum atomic E-state index is 10.4. The first-order chi connectivity index (χ1) is 11.4. The predicted molar refractivity (Wildman–Crippen MR) is 89.9 cm³/mol. The van der Waals surface area contributed by atoms with Gasteiger partial charge in [0.05, 0.1) is 0 Å². The maximum Gasteiger partial charge on any atom is 0.325 e. The third kappa shape index (κ3) is 7.21. The molecule has 2 aromatic heterocycles. The topological polar surface area (TPSA) is 124 Å². The van der Waals surface area contributed by atoms with Gasteiger partial charge in [0.15, 0.2) is 0 Å². The molecule has 24 heavy (non-hydrogen) atoms. The second kappa shape index (κ2) is 9.78. The number of pyridine rings is 2. The Hall–Kier alpha value is -3.16. The van der Waals surface area contributed by atoms with E-state index >= 15 is 0 Å². The van der Waals surface area contributed by atoms with Gasteiger partial charge in [0.25, 0.3) is 0 Å². The van der Waals surface area contributed by atoms with Crippen molar-refractivity contribution < 1.29 is 19.8 Å². The van der Waals surface area contributed by atoms with Gasteiger partial charge in [0.1, 0.15) is 17.9 Å². The summed E-state index contributed by atoms with van der Waals surface area (Å²) in [5.74, 6) is -1.18. The van der Waals surface area contributed by atoms with Crippen LogP contribution in [0, 0.1) is 0 Å². The van der Waals surface area contributed by atoms with Gasteiger partial charge in [0, 0.05) is 24.3 Å². The van der Waals surface area contributed by atoms with Crippen molar-refractivity contribution in [2.24, 2.45) is 0 Å². The molecule has 0 aliphatic rings. The molecule has 0 amide bonds. The molecule has 2 heterocycles. The van der Waals surface area contributed by atoms with E-state index < -0.39 is 24.0 Å². The first kappa shape index (κ1) is 18.9. The van der Waals surface area contributed by atoms with Crippen LogP contribution in [0.2, 0.25) is 0 Å². The molecule has 0 bridgehead atoms. The Morgan fingerprint density at radius 2 is 1.50 bits per heavy atom. The highest BCUT2D eigenvalue weighted by molar-refractivity contribution is 5.76. The van der Waals surface area contributed by atoms with E-state index in [1.54, 1.807) is 62.8 Å². The quantitative estimate of drug-likeness (QED) is 0.632. The number of hydrogen-bond donors (Lipinski definition) is 4. The molecule has 128 valence electrons. The molecule has 0 aliphatic heterocycles. The number of aromatic nitrogens is 2. The number of nitrogens with one attached hydrogen (secondary N) is 2. The molecule has 0 fully saturated rings. The van der Waals surface area contributed by atoms with Gasteiger partial charge in [-0.3, -0.25) is 14.6 Å². The molecule has 0 saturated carbocycles. The van der Waals surface area contributed by atoms with Gasteiger partial charge in [-0.1, -0.05) is 6.07 Å². The van der Waals surface area contributed by atoms with Crippen LogP contribution in [-0.2, 0) is 9.59 Å². The van der Waals surface area contributed by atoms with E-state index in [9.17, 15) is 9.59 Å². The standard InChI is InChI=1S/2C8H10N2O2/c1-6(8(11)12)10-7-2-4-9-5-3-7;1-6(8(11)12)10-7-4-2-3-5-9-7/h2*2-6H,1H3,(H,9,10)(H,11,12)/t2*6-/m00/s1. The van der Waals surface area contributed by atoms with Crippen LogP contribution in [0.3, 0.4) is 0 Å². The van der Waals surface area contributed by atoms with E-state index in [0.717, 1.165) is 5.69 Å². The van der Waals surface area contributed by atoms with Crippen LogP contribution in [0.15, 0.2) is 48.9 Å². The number of hydrogen-bond acceptors (Lipinski definition) is 6. The van der Waals surface area contributed by atoms with Crippen molar-refractivity contribution in [3.05, 3.63) is 48.9 Å². The first-order valence-electron chi connectivity index (χ1n) is 7.20. The summed E-state index contributed by atoms with van der Waals surface area (Å²) in [5.41, 5.74) is 0.764. The van der Waals surface area contributed by atoms with Gasteiger partial charge in [-0.25, -0.2) is 4.98 Å². The molecule has 8 heteroatoms. The molecule has 4 N–H and O–H groups in total. The summed E-state index contributed by atoms with van der Waals surface area (Å²) in [6.45, 7) is 3.15. The highest BCUT2D eigenvalue weighted by atomic mass is 16.4. The summed E-state index contributed by atoms with van der Waals surface area (Å²) in [6, 6.07) is 7.55. The van der Waals surface area contributed by atoms with Gasteiger partial charge in [0.2, 0.25) is 0 Å². The van der Waals surface area contributed by atoms with Gasteiger partial charge in [-0.15, -0.1) is 0 Å². The molecule has 0 radical (unpaired) electrons. The summed E-state index contributed by atoms with van der Waals surface area (Å²) < 4.78 is 0. The number of carboxylic acid groups (broad SMARTS) is 2. The minimum absolute atomic E-state index is 0.576. The zero-order valence-corrected chi connectivity index (χ0v) is 13.4. The summed E-state index contributed by atoms with van der Waals surface area (Å²) in [5, 5.41) is 22.7. The minimum atomic E-state index is -0.888. The second-order valence-electron chi connectivity index (χ2n) is 4.86. The molecule has 0 unspecified atom stereocenters. The fraction of sp³-hybridized carbons (Fsp3) is 0.250. The first-order valence-corrected chi connectivity index (χ1v) is 7.20. The molecule has 2 aromatic rings. The summed E-state index contributed by atoms with van der Waals surface area (Å²) in [7, 11) is 0. The Bertz CT molecular complexity index is 580. The normalized spacial score (nSPS) is 12.1. The molecule has 0 aromatic carbocycles. The molecule has 2 atom stereocenters. The lowest BCUT2D eigenvalue weighted by Crippen LogP contribution is -2.25. The Kier molecular flexibility index (Phi) is 7.69. The molecule has 0 saturated heterocycles. The fourth-order valence-corrected chi connectivity index (χ4v) is 1.49. The highest BCUT2D eigenvalue weighted by Gasteiger charge is 2.09. The SMILES string of the molecule is C[C@H](Nc1ccccn1)C(=O)O.C[C@H](Nc1ccncc1)C(=O)O. The van der Waals surface area contributed by atoms with E-state index in [1.165, 1.54) is 0 Å². The number of carboxylic acids is 2. The van der Waals surface area contributed by atoms with Crippen molar-refractivity contribution in [3.63, 3.8) is 0 Å². The number of nitrogens with zero attached hydrogens (tertiary/aromatic N) is 2. The Labute approximate surface area is 139 Å². The molecular weight excluding hydrogens is 312 g/mol. The maximum absolute atomic E-state index is 10.4. The number of aliphatic carboxylic acids is 2. The van der Waals surface area contributed by atoms with Crippen LogP contribution in [-0.4, -0.2) is 44.2 Å². The summed E-state index contributed by atoms with van der Waals surface area (Å²) in [6.07, 6.45) is 4.82. The van der Waals surface area contributed by atoms with Crippen molar-refractivity contribution in [2.75, 3.05) is 10.6 Å². The number of anilines is 2. The molecular formula is C16H20N4O4. The van der Waals surface area contributed by atoms with E-state index in [-0.39, 0.29) is 0 Å². The monoisotopic (exact) mass is 332 g/mol. The van der Waals surface area contributed by atoms with Gasteiger partial charge in [-0.05, 0) is 38.1 Å². The third-order valence-corrected chi connectivity index (χ3v) is 2.83. The van der Waals surface area contributed by atoms with Crippen LogP contribution in [0.25, 0.3) is 0 Å². The van der Waals surface area contributed by atoms with Crippen LogP contribution < -0.4 is 10.6 Å². The van der Waals surface area contributed by atoms with Crippen LogP contribution in [0.1, 0.15) is 13.8 Å². The Morgan fingerprint density at radius 3 is 2.00 bits per heavy atom. The van der Waals surface area contributed by atoms with Crippen LogP contribution in [0.4, 0.5) is 11.5 Å². The van der Waals surface area contributed by atoms with E-state index in [1.807, 2.05) is 0 Å². The minimum Gasteiger partial charge on any atom is -0.480 e. The number of rotatable bonds is 6. The van der Waals surface area contributed by atoms with E-state index in [2.05, 4.69) is 20.6 Å². The predicted octanol–water partition coefficient (Wildman–Crippen LogP) is 1.93. The zero-order chi connectivity index (χ0) is 17.9. The van der Waals surface area contributed by atoms with Gasteiger partial charge < -0.3 is 20.8 Å².